The van der Waals surface area contributed by atoms with Gasteiger partial charge in [0.1, 0.15) is 0 Å². The minimum Gasteiger partial charge on any atom is -0.0499 e. The highest BCUT2D eigenvalue weighted by Gasteiger charge is 2.16. The van der Waals surface area contributed by atoms with E-state index in [1.807, 2.05) is 30.6 Å². The summed E-state index contributed by atoms with van der Waals surface area (Å²) in [6.07, 6.45) is 6.13. The van der Waals surface area contributed by atoms with Crippen LogP contribution in [0.15, 0.2) is 48.9 Å². The van der Waals surface area contributed by atoms with E-state index in [4.69, 9.17) is 0 Å². The molecule has 14 heavy (non-hydrogen) atoms. The van der Waals surface area contributed by atoms with Gasteiger partial charge < -0.3 is 0 Å². The lowest BCUT2D eigenvalue weighted by Gasteiger charge is -1.94. The van der Waals surface area contributed by atoms with Gasteiger partial charge in [0.25, 0.3) is 5.69 Å². The second-order valence-corrected chi connectivity index (χ2v) is 3.38. The molecule has 0 saturated carbocycles. The molecule has 0 atom stereocenters. The summed E-state index contributed by atoms with van der Waals surface area (Å²) < 4.78 is 4.18. The molecule has 0 spiro atoms. The molecule has 2 heteroatoms. The van der Waals surface area contributed by atoms with Crippen LogP contribution in [0.1, 0.15) is 11.3 Å². The molecule has 0 aliphatic heterocycles. The first-order valence-corrected chi connectivity index (χ1v) is 4.74. The van der Waals surface area contributed by atoms with Gasteiger partial charge in [0.2, 0.25) is 18.6 Å². The number of pyridine rings is 2. The van der Waals surface area contributed by atoms with Gasteiger partial charge >= 0.3 is 0 Å². The van der Waals surface area contributed by atoms with Crippen LogP contribution in [0.25, 0.3) is 0 Å². The van der Waals surface area contributed by atoms with E-state index in [-0.39, 0.29) is 0 Å². The van der Waals surface area contributed by atoms with E-state index in [1.54, 1.807) is 0 Å². The van der Waals surface area contributed by atoms with Crippen molar-refractivity contribution in [2.24, 2.45) is 0 Å². The molecule has 0 aliphatic rings. The van der Waals surface area contributed by atoms with Crippen LogP contribution in [0.4, 0.5) is 0 Å². The van der Waals surface area contributed by atoms with Crippen molar-refractivity contribution in [2.45, 2.75) is 13.8 Å². The van der Waals surface area contributed by atoms with E-state index < -0.39 is 0 Å². The first-order chi connectivity index (χ1) is 6.79. The van der Waals surface area contributed by atoms with E-state index in [9.17, 15) is 0 Å². The Morgan fingerprint density at radius 1 is 0.857 bits per heavy atom. The summed E-state index contributed by atoms with van der Waals surface area (Å²) in [5.41, 5.74) is 2.55. The number of aryl methyl sites for hydroxylation is 1. The highest BCUT2D eigenvalue weighted by Crippen LogP contribution is 1.96. The van der Waals surface area contributed by atoms with Crippen molar-refractivity contribution in [1.82, 2.24) is 0 Å². The zero-order valence-corrected chi connectivity index (χ0v) is 8.51. The third kappa shape index (κ3) is 1.51. The lowest BCUT2D eigenvalue weighted by molar-refractivity contribution is -1.30. The molecule has 0 aliphatic carbocycles. The van der Waals surface area contributed by atoms with E-state index in [0.29, 0.717) is 0 Å². The van der Waals surface area contributed by atoms with Crippen LogP contribution >= 0.6 is 0 Å². The molecule has 0 radical (unpaired) electrons. The largest absolute Gasteiger partial charge is 0.253 e. The molecule has 0 saturated heterocycles. The van der Waals surface area contributed by atoms with Crippen molar-refractivity contribution in [3.05, 3.63) is 60.2 Å². The molecule has 2 aromatic heterocycles. The summed E-state index contributed by atoms with van der Waals surface area (Å²) in [5.74, 6) is 0. The highest BCUT2D eigenvalue weighted by molar-refractivity contribution is 5.10. The topological polar surface area (TPSA) is 7.76 Å². The Kier molecular flexibility index (Phi) is 2.27. The summed E-state index contributed by atoms with van der Waals surface area (Å²) in [4.78, 5) is 0. The SMILES string of the molecule is Cc1ccc[n+](-[n+]2ccccc2)c1C. The van der Waals surface area contributed by atoms with Crippen molar-refractivity contribution < 1.29 is 9.35 Å². The molecule has 0 fully saturated rings. The average molecular weight is 186 g/mol. The molecular formula is C12H14N2+2. The van der Waals surface area contributed by atoms with Crippen LogP contribution in [-0.2, 0) is 0 Å². The van der Waals surface area contributed by atoms with Crippen molar-refractivity contribution in [3.8, 4) is 0 Å². The summed E-state index contributed by atoms with van der Waals surface area (Å²) in [6, 6.07) is 10.2. The van der Waals surface area contributed by atoms with E-state index in [2.05, 4.69) is 41.5 Å². The molecule has 0 amide bonds. The van der Waals surface area contributed by atoms with Gasteiger partial charge in [-0.05, 0) is 19.1 Å². The summed E-state index contributed by atoms with van der Waals surface area (Å²) in [6.45, 7) is 4.24. The normalized spacial score (nSPS) is 10.1. The number of aromatic nitrogens is 2. The molecule has 2 heterocycles. The predicted molar refractivity (Wildman–Crippen MR) is 53.5 cm³/mol. The molecule has 0 bridgehead atoms. The van der Waals surface area contributed by atoms with Crippen LogP contribution in [0.2, 0.25) is 0 Å². The van der Waals surface area contributed by atoms with Crippen LogP contribution in [0, 0.1) is 13.8 Å². The van der Waals surface area contributed by atoms with Crippen molar-refractivity contribution >= 4 is 0 Å². The van der Waals surface area contributed by atoms with Gasteiger partial charge in [-0.2, -0.15) is 0 Å². The Balaban J connectivity index is 2.58. The molecule has 2 rings (SSSR count). The van der Waals surface area contributed by atoms with Gasteiger partial charge in [-0.25, -0.2) is 0 Å². The number of hydrogen-bond donors (Lipinski definition) is 0. The summed E-state index contributed by atoms with van der Waals surface area (Å²) in [7, 11) is 0. The highest BCUT2D eigenvalue weighted by atomic mass is 15.4. The van der Waals surface area contributed by atoms with Gasteiger partial charge in [0, 0.05) is 30.7 Å². The van der Waals surface area contributed by atoms with Crippen molar-refractivity contribution in [1.29, 1.82) is 0 Å². The van der Waals surface area contributed by atoms with Crippen LogP contribution in [0.3, 0.4) is 0 Å². The zero-order chi connectivity index (χ0) is 9.97. The smallest absolute Gasteiger partial charge is 0.0499 e. The molecular weight excluding hydrogens is 172 g/mol. The maximum atomic E-state index is 2.12. The molecule has 70 valence electrons. The molecule has 0 aromatic carbocycles. The average Bonchev–Trinajstić information content (AvgIpc) is 2.23. The Hall–Kier alpha value is -1.70. The zero-order valence-electron chi connectivity index (χ0n) is 8.51. The van der Waals surface area contributed by atoms with Gasteiger partial charge in [-0.1, -0.05) is 0 Å². The fourth-order valence-electron chi connectivity index (χ4n) is 1.47. The fraction of sp³-hybridized carbons (Fsp3) is 0.167. The van der Waals surface area contributed by atoms with Crippen molar-refractivity contribution in [3.63, 3.8) is 0 Å². The van der Waals surface area contributed by atoms with Crippen LogP contribution < -0.4 is 9.35 Å². The van der Waals surface area contributed by atoms with Gasteiger partial charge in [0.15, 0.2) is 0 Å². The number of nitrogens with zero attached hydrogens (tertiary/aromatic N) is 2. The monoisotopic (exact) mass is 186 g/mol. The predicted octanol–water partition coefficient (Wildman–Crippen LogP) is 1.19. The van der Waals surface area contributed by atoms with Crippen LogP contribution in [0.5, 0.6) is 0 Å². The second kappa shape index (κ2) is 3.58. The van der Waals surface area contributed by atoms with E-state index in [1.165, 1.54) is 11.3 Å². The quantitative estimate of drug-likeness (QED) is 0.591. The summed E-state index contributed by atoms with van der Waals surface area (Å²) in [5, 5.41) is 0. The van der Waals surface area contributed by atoms with Crippen LogP contribution in [-0.4, -0.2) is 0 Å². The van der Waals surface area contributed by atoms with E-state index >= 15 is 0 Å². The number of hydrogen-bond acceptors (Lipinski definition) is 0. The van der Waals surface area contributed by atoms with Gasteiger partial charge in [-0.15, -0.1) is 0 Å². The first-order valence-electron chi connectivity index (χ1n) is 4.74. The van der Waals surface area contributed by atoms with E-state index in [0.717, 1.165) is 0 Å². The maximum Gasteiger partial charge on any atom is 0.253 e. The Morgan fingerprint density at radius 2 is 1.57 bits per heavy atom. The maximum absolute atomic E-state index is 2.12. The fourth-order valence-corrected chi connectivity index (χ4v) is 1.47. The lowest BCUT2D eigenvalue weighted by atomic mass is 10.2. The Labute approximate surface area is 84.0 Å². The lowest BCUT2D eigenvalue weighted by Crippen LogP contribution is -2.67. The molecule has 2 aromatic rings. The Morgan fingerprint density at radius 3 is 2.29 bits per heavy atom. The van der Waals surface area contributed by atoms with Gasteiger partial charge in [0.05, 0.1) is 9.35 Å². The first kappa shape index (κ1) is 8.88. The molecule has 0 unspecified atom stereocenters. The Bertz CT molecular complexity index is 435. The third-order valence-corrected chi connectivity index (χ3v) is 2.44. The third-order valence-electron chi connectivity index (χ3n) is 2.44. The minimum absolute atomic E-state index is 1.25. The standard InChI is InChI=1S/C12H14N2/c1-11-7-6-10-14(12(11)2)13-8-4-3-5-9-13/h3-10H,1-2H3/q+2. The van der Waals surface area contributed by atoms with Crippen molar-refractivity contribution in [2.75, 3.05) is 0 Å². The minimum atomic E-state index is 1.25. The summed E-state index contributed by atoms with van der Waals surface area (Å²) >= 11 is 0. The second-order valence-electron chi connectivity index (χ2n) is 3.38. The molecule has 0 N–H and O–H groups in total. The molecule has 2 nitrogen and oxygen atoms in total. The van der Waals surface area contributed by atoms with Gasteiger partial charge in [-0.3, -0.25) is 0 Å². The number of rotatable bonds is 1.